The summed E-state index contributed by atoms with van der Waals surface area (Å²) in [5.41, 5.74) is 1.86. The number of unbranched alkanes of at least 4 members (excludes halogenated alkanes) is 4. The van der Waals surface area contributed by atoms with Gasteiger partial charge in [-0.3, -0.25) is 19.3 Å². The van der Waals surface area contributed by atoms with E-state index in [1.165, 1.54) is 4.90 Å². The number of hydrogen-bond acceptors (Lipinski definition) is 5. The molecule has 2 aromatic carbocycles. The van der Waals surface area contributed by atoms with Gasteiger partial charge in [-0.2, -0.15) is 0 Å². The van der Waals surface area contributed by atoms with Gasteiger partial charge in [0.25, 0.3) is 11.8 Å². The predicted molar refractivity (Wildman–Crippen MR) is 118 cm³/mol. The van der Waals surface area contributed by atoms with Crippen LogP contribution in [0.2, 0.25) is 0 Å². The summed E-state index contributed by atoms with van der Waals surface area (Å²) in [5.74, 6) is -0.445. The molecule has 0 unspecified atom stereocenters. The Labute approximate surface area is 183 Å². The Hall–Kier alpha value is -2.55. The highest BCUT2D eigenvalue weighted by Crippen LogP contribution is 2.23. The van der Waals surface area contributed by atoms with E-state index in [2.05, 4.69) is 0 Å². The first-order chi connectivity index (χ1) is 14.9. The van der Waals surface area contributed by atoms with E-state index in [0.717, 1.165) is 42.0 Å². The third-order valence-corrected chi connectivity index (χ3v) is 6.22. The van der Waals surface area contributed by atoms with E-state index in [1.54, 1.807) is 24.3 Å². The average molecular weight is 445 g/mol. The monoisotopic (exact) mass is 444 g/mol. The SMILES string of the molecule is CS(=O)(=O)N(CCCCCCCN1C(=O)c2ccccc2C1=O)OCc1ccccc1. The summed E-state index contributed by atoms with van der Waals surface area (Å²) in [6.07, 6.45) is 5.13. The minimum atomic E-state index is -3.45. The van der Waals surface area contributed by atoms with Crippen LogP contribution >= 0.6 is 0 Å². The fourth-order valence-corrected chi connectivity index (χ4v) is 4.24. The molecular formula is C23H28N2O5S. The van der Waals surface area contributed by atoms with Gasteiger partial charge in [-0.15, -0.1) is 0 Å². The van der Waals surface area contributed by atoms with Crippen LogP contribution in [0.1, 0.15) is 58.4 Å². The molecule has 0 saturated carbocycles. The van der Waals surface area contributed by atoms with E-state index in [-0.39, 0.29) is 18.4 Å². The molecule has 0 spiro atoms. The van der Waals surface area contributed by atoms with Crippen LogP contribution in [0.3, 0.4) is 0 Å². The first-order valence-electron chi connectivity index (χ1n) is 10.5. The summed E-state index contributed by atoms with van der Waals surface area (Å²) >= 11 is 0. The van der Waals surface area contributed by atoms with Crippen molar-refractivity contribution in [1.29, 1.82) is 0 Å². The van der Waals surface area contributed by atoms with Gasteiger partial charge >= 0.3 is 0 Å². The zero-order chi connectivity index (χ0) is 22.3. The lowest BCUT2D eigenvalue weighted by Crippen LogP contribution is -2.31. The maximum atomic E-state index is 12.3. The van der Waals surface area contributed by atoms with Crippen molar-refractivity contribution in [2.24, 2.45) is 0 Å². The van der Waals surface area contributed by atoms with Gasteiger partial charge in [0.2, 0.25) is 10.0 Å². The summed E-state index contributed by atoms with van der Waals surface area (Å²) < 4.78 is 25.0. The van der Waals surface area contributed by atoms with Crippen LogP contribution in [0.5, 0.6) is 0 Å². The Kier molecular flexibility index (Phi) is 7.95. The van der Waals surface area contributed by atoms with Crippen LogP contribution in [-0.4, -0.2) is 48.9 Å². The Bertz CT molecular complexity index is 973. The van der Waals surface area contributed by atoms with Crippen molar-refractivity contribution >= 4 is 21.8 Å². The summed E-state index contributed by atoms with van der Waals surface area (Å²) in [7, 11) is -3.45. The van der Waals surface area contributed by atoms with Crippen LogP contribution in [0, 0.1) is 0 Å². The molecule has 0 bridgehead atoms. The van der Waals surface area contributed by atoms with E-state index in [4.69, 9.17) is 4.84 Å². The molecule has 0 aliphatic carbocycles. The molecule has 31 heavy (non-hydrogen) atoms. The van der Waals surface area contributed by atoms with E-state index >= 15 is 0 Å². The van der Waals surface area contributed by atoms with Crippen molar-refractivity contribution in [2.45, 2.75) is 38.7 Å². The fraction of sp³-hybridized carbons (Fsp3) is 0.391. The van der Waals surface area contributed by atoms with Crippen molar-refractivity contribution in [2.75, 3.05) is 19.3 Å². The van der Waals surface area contributed by atoms with Crippen LogP contribution in [0.4, 0.5) is 0 Å². The lowest BCUT2D eigenvalue weighted by Gasteiger charge is -2.19. The highest BCUT2D eigenvalue weighted by atomic mass is 32.2. The number of nitrogens with zero attached hydrogens (tertiary/aromatic N) is 2. The van der Waals surface area contributed by atoms with E-state index in [9.17, 15) is 18.0 Å². The van der Waals surface area contributed by atoms with E-state index in [0.29, 0.717) is 30.6 Å². The van der Waals surface area contributed by atoms with Gasteiger partial charge < -0.3 is 0 Å². The summed E-state index contributed by atoms with van der Waals surface area (Å²) in [5, 5.41) is 0. The lowest BCUT2D eigenvalue weighted by atomic mass is 10.1. The maximum absolute atomic E-state index is 12.3. The van der Waals surface area contributed by atoms with E-state index < -0.39 is 10.0 Å². The predicted octanol–water partition coefficient (Wildman–Crippen LogP) is 3.63. The molecule has 0 aromatic heterocycles. The van der Waals surface area contributed by atoms with Gasteiger partial charge in [0.05, 0.1) is 24.0 Å². The molecule has 0 saturated heterocycles. The highest BCUT2D eigenvalue weighted by molar-refractivity contribution is 7.88. The van der Waals surface area contributed by atoms with Crippen molar-refractivity contribution in [3.8, 4) is 0 Å². The molecule has 0 N–H and O–H groups in total. The molecule has 1 aliphatic rings. The zero-order valence-corrected chi connectivity index (χ0v) is 18.5. The molecule has 2 amide bonds. The second-order valence-electron chi connectivity index (χ2n) is 7.62. The number of benzene rings is 2. The third-order valence-electron chi connectivity index (χ3n) is 5.19. The quantitative estimate of drug-likeness (QED) is 0.284. The third kappa shape index (κ3) is 6.22. The maximum Gasteiger partial charge on any atom is 0.261 e. The first-order valence-corrected chi connectivity index (χ1v) is 12.3. The standard InChI is InChI=1S/C23H28N2O5S/c1-31(28,29)25(30-18-19-12-6-5-7-13-19)17-11-4-2-3-10-16-24-22(26)20-14-8-9-15-21(20)23(24)27/h5-9,12-15H,2-4,10-11,16-18H2,1H3. The number of carbonyl (C=O) groups excluding carboxylic acids is 2. The van der Waals surface area contributed by atoms with Crippen molar-refractivity contribution in [1.82, 2.24) is 9.37 Å². The van der Waals surface area contributed by atoms with Gasteiger partial charge in [0, 0.05) is 13.1 Å². The number of hydrogen-bond donors (Lipinski definition) is 0. The van der Waals surface area contributed by atoms with Crippen molar-refractivity contribution in [3.05, 3.63) is 71.3 Å². The van der Waals surface area contributed by atoms with Crippen LogP contribution in [0.15, 0.2) is 54.6 Å². The van der Waals surface area contributed by atoms with Gasteiger partial charge in [-0.1, -0.05) is 66.2 Å². The Morgan fingerprint density at radius 3 is 1.97 bits per heavy atom. The summed E-state index contributed by atoms with van der Waals surface area (Å²) in [6, 6.07) is 16.3. The van der Waals surface area contributed by atoms with Gasteiger partial charge in [-0.05, 0) is 30.5 Å². The molecular weight excluding hydrogens is 416 g/mol. The number of imide groups is 1. The lowest BCUT2D eigenvalue weighted by molar-refractivity contribution is -0.0962. The highest BCUT2D eigenvalue weighted by Gasteiger charge is 2.34. The smallest absolute Gasteiger partial charge is 0.261 e. The molecule has 7 nitrogen and oxygen atoms in total. The minimum Gasteiger partial charge on any atom is -0.280 e. The zero-order valence-electron chi connectivity index (χ0n) is 17.7. The molecule has 166 valence electrons. The van der Waals surface area contributed by atoms with Crippen LogP contribution < -0.4 is 0 Å². The summed E-state index contributed by atoms with van der Waals surface area (Å²) in [6.45, 7) is 0.903. The summed E-state index contributed by atoms with van der Waals surface area (Å²) in [4.78, 5) is 31.5. The Morgan fingerprint density at radius 2 is 1.35 bits per heavy atom. The molecule has 3 rings (SSSR count). The Balaban J connectivity index is 1.34. The second-order valence-corrected chi connectivity index (χ2v) is 9.50. The average Bonchev–Trinajstić information content (AvgIpc) is 3.00. The number of sulfonamides is 1. The largest absolute Gasteiger partial charge is 0.280 e. The topological polar surface area (TPSA) is 84.0 Å². The van der Waals surface area contributed by atoms with Crippen LogP contribution in [-0.2, 0) is 21.5 Å². The fourth-order valence-electron chi connectivity index (χ4n) is 3.53. The number of fused-ring (bicyclic) bond motifs is 1. The van der Waals surface area contributed by atoms with Gasteiger partial charge in [-0.25, -0.2) is 8.42 Å². The molecule has 8 heteroatoms. The molecule has 0 radical (unpaired) electrons. The minimum absolute atomic E-state index is 0.203. The molecule has 0 atom stereocenters. The van der Waals surface area contributed by atoms with Crippen LogP contribution in [0.25, 0.3) is 0 Å². The van der Waals surface area contributed by atoms with Gasteiger partial charge in [0.15, 0.2) is 0 Å². The number of amides is 2. The molecule has 1 aliphatic heterocycles. The van der Waals surface area contributed by atoms with E-state index in [1.807, 2.05) is 30.3 Å². The number of rotatable bonds is 12. The number of carbonyl (C=O) groups is 2. The van der Waals surface area contributed by atoms with Crippen molar-refractivity contribution in [3.63, 3.8) is 0 Å². The molecule has 1 heterocycles. The molecule has 0 fully saturated rings. The first kappa shape index (κ1) is 23.1. The second kappa shape index (κ2) is 10.7. The van der Waals surface area contributed by atoms with Gasteiger partial charge in [0.1, 0.15) is 0 Å². The van der Waals surface area contributed by atoms with Crippen molar-refractivity contribution < 1.29 is 22.8 Å². The normalized spacial score (nSPS) is 13.8. The Morgan fingerprint density at radius 1 is 0.806 bits per heavy atom. The molecule has 2 aromatic rings. The number of hydroxylamine groups is 1.